The molecule has 316 valence electrons. The third-order valence-corrected chi connectivity index (χ3v) is 9.11. The molecule has 0 unspecified atom stereocenters. The van der Waals surface area contributed by atoms with Gasteiger partial charge in [-0.3, -0.25) is 9.59 Å². The van der Waals surface area contributed by atoms with Crippen LogP contribution in [0.15, 0.2) is 91.9 Å². The average molecular weight is 1220 g/mol. The van der Waals surface area contributed by atoms with Crippen molar-refractivity contribution in [1.29, 1.82) is 0 Å². The van der Waals surface area contributed by atoms with Gasteiger partial charge >= 0.3 is 29.1 Å². The van der Waals surface area contributed by atoms with Gasteiger partial charge in [-0.2, -0.15) is 8.42 Å². The number of nitrogens with zero attached hydrogens (tertiary/aromatic N) is 1. The zero-order chi connectivity index (χ0) is 43.3. The van der Waals surface area contributed by atoms with Gasteiger partial charge in [0, 0.05) is 37.2 Å². The number of fused-ring (bicyclic) bond motifs is 1. The number of rotatable bonds is 8. The van der Waals surface area contributed by atoms with Crippen molar-refractivity contribution in [3.63, 3.8) is 0 Å². The van der Waals surface area contributed by atoms with E-state index in [9.17, 15) is 49.2 Å². The first-order valence-electron chi connectivity index (χ1n) is 15.0. The van der Waals surface area contributed by atoms with Gasteiger partial charge in [0.25, 0.3) is 10.0 Å². The van der Waals surface area contributed by atoms with E-state index in [1.807, 2.05) is 0 Å². The number of esters is 3. The van der Waals surface area contributed by atoms with Crippen LogP contribution in [0, 0.1) is 0 Å². The molecule has 0 aliphatic carbocycles. The second-order valence-corrected chi connectivity index (χ2v) is 14.5. The van der Waals surface area contributed by atoms with Crippen LogP contribution in [0.1, 0.15) is 20.8 Å². The lowest BCUT2D eigenvalue weighted by atomic mass is 10.3. The van der Waals surface area contributed by atoms with Gasteiger partial charge in [0.05, 0.1) is 36.9 Å². The predicted molar refractivity (Wildman–Crippen MR) is 238 cm³/mol. The van der Waals surface area contributed by atoms with E-state index in [4.69, 9.17) is 32.3 Å². The van der Waals surface area contributed by atoms with Crippen LogP contribution >= 0.6 is 72.8 Å². The fourth-order valence-corrected chi connectivity index (χ4v) is 6.04. The number of amides is 1. The van der Waals surface area contributed by atoms with E-state index in [0.29, 0.717) is 5.69 Å². The Balaban J connectivity index is 0. The van der Waals surface area contributed by atoms with E-state index in [1.54, 1.807) is 51.1 Å². The Morgan fingerprint density at radius 3 is 1.67 bits per heavy atom. The molecule has 57 heavy (non-hydrogen) atoms. The summed E-state index contributed by atoms with van der Waals surface area (Å²) >= 11 is 8.93. The summed E-state index contributed by atoms with van der Waals surface area (Å²) in [5.41, 5.74) is 5.78. The van der Waals surface area contributed by atoms with Crippen LogP contribution in [0.3, 0.4) is 0 Å². The Bertz CT molecular complexity index is 2230. The number of carbonyl (C=O) groups is 5. The number of primary sulfonamides is 2. The molecule has 27 heteroatoms. The molecule has 1 aliphatic rings. The molecule has 0 saturated heterocycles. The Labute approximate surface area is 373 Å². The van der Waals surface area contributed by atoms with Crippen LogP contribution in [0.2, 0.25) is 0 Å². The van der Waals surface area contributed by atoms with Crippen LogP contribution in [0.25, 0.3) is 0 Å². The number of nitrogens with two attached hydrogens (primary N) is 3. The maximum atomic E-state index is 11.8. The molecule has 3 aromatic rings. The first-order valence-corrected chi connectivity index (χ1v) is 26.2. The number of nitrogen functional groups attached to an aromatic ring is 1. The molecule has 0 radical (unpaired) electrons. The molecule has 0 spiro atoms. The number of halogens is 4. The number of nitrogens with one attached hydrogen (secondary N) is 2. The van der Waals surface area contributed by atoms with E-state index in [0.717, 1.165) is 0 Å². The largest absolute Gasteiger partial charge is 0.460 e. The minimum Gasteiger partial charge on any atom is -0.460 e. The van der Waals surface area contributed by atoms with Gasteiger partial charge in [-0.05, 0) is 68.8 Å². The van der Waals surface area contributed by atoms with E-state index in [2.05, 4.69) is 61.7 Å². The highest BCUT2D eigenvalue weighted by Crippen LogP contribution is 2.26. The molecular weight excluding hydrogens is 1180 g/mol. The Morgan fingerprint density at radius 1 is 0.754 bits per heavy atom. The second kappa shape index (κ2) is 27.4. The van der Waals surface area contributed by atoms with Crippen molar-refractivity contribution in [2.75, 3.05) is 36.2 Å². The van der Waals surface area contributed by atoms with Crippen molar-refractivity contribution in [1.82, 2.24) is 0 Å². The van der Waals surface area contributed by atoms with E-state index >= 15 is 0 Å². The first kappa shape index (κ1) is 55.8. The SMILES string of the molecule is CCOC(=O)C(=O)Cl.CCOC(=O)C(=O)Nc1ccccc1S(N)(=O)=O.CCOC(=O)C1=NS(=O)(=O)c2ccccc2N1.I.II.Nc1ccccc1S(N)(=O)=O. The highest BCUT2D eigenvalue weighted by molar-refractivity contribution is 15.0. The Morgan fingerprint density at radius 2 is 1.21 bits per heavy atom. The lowest BCUT2D eigenvalue weighted by molar-refractivity contribution is -0.152. The summed E-state index contributed by atoms with van der Waals surface area (Å²) in [6, 6.07) is 17.8. The molecule has 0 bridgehead atoms. The van der Waals surface area contributed by atoms with Crippen molar-refractivity contribution in [2.24, 2.45) is 14.7 Å². The number of anilines is 3. The number of para-hydroxylation sites is 3. The maximum Gasteiger partial charge on any atom is 0.397 e. The molecule has 0 saturated carbocycles. The summed E-state index contributed by atoms with van der Waals surface area (Å²) in [6.07, 6.45) is 0. The fraction of sp³-hybridized carbons (Fsp3) is 0.200. The standard InChI is InChI=1S/C10H12N2O5S.C10H10N2O4S.C6H8N2O2S.C4H5ClO3.I2.HI/c1-2-17-10(14)9(13)12-7-5-3-4-6-8(7)18(11,15)16;1-2-16-10(13)9-11-7-5-3-4-6-8(7)17(14,15)12-9;7-5-3-1-2-4-6(5)11(8,9)10;1-2-8-4(7)3(5)6;1-2;/h3-6H,2H2,1H3,(H,12,13)(H2,11,15,16);3-6H,2H2,1H3,(H,11,12);1-4H,7H2,(H2,8,9,10);2H2,1H3;;1H. The fourth-order valence-electron chi connectivity index (χ4n) is 3.52. The van der Waals surface area contributed by atoms with Crippen molar-refractivity contribution in [3.8, 4) is 0 Å². The summed E-state index contributed by atoms with van der Waals surface area (Å²) in [4.78, 5) is 53.5. The highest BCUT2D eigenvalue weighted by Gasteiger charge is 2.28. The molecule has 20 nitrogen and oxygen atoms in total. The molecule has 1 heterocycles. The van der Waals surface area contributed by atoms with Crippen LogP contribution in [0.5, 0.6) is 0 Å². The van der Waals surface area contributed by atoms with Crippen LogP contribution in [0.4, 0.5) is 17.1 Å². The minimum atomic E-state index is -3.98. The van der Waals surface area contributed by atoms with E-state index in [1.165, 1.54) is 42.5 Å². The first-order chi connectivity index (χ1) is 26.1. The number of carbonyl (C=O) groups excluding carboxylic acids is 5. The summed E-state index contributed by atoms with van der Waals surface area (Å²) in [6.45, 7) is 5.15. The molecular formula is C30H36ClI3N6O14S3. The molecule has 8 N–H and O–H groups in total. The summed E-state index contributed by atoms with van der Waals surface area (Å²) < 4.78 is 84.2. The van der Waals surface area contributed by atoms with Gasteiger partial charge in [-0.15, -0.1) is 28.4 Å². The summed E-state index contributed by atoms with van der Waals surface area (Å²) in [7, 11) is -11.5. The molecule has 3 aromatic carbocycles. The zero-order valence-corrected chi connectivity index (χ0v) is 39.6. The normalized spacial score (nSPS) is 11.8. The maximum absolute atomic E-state index is 11.8. The average Bonchev–Trinajstić information content (AvgIpc) is 3.13. The quantitative estimate of drug-likeness (QED) is 0.0540. The summed E-state index contributed by atoms with van der Waals surface area (Å²) in [5.74, 6) is -4.25. The van der Waals surface area contributed by atoms with Gasteiger partial charge < -0.3 is 30.6 Å². The van der Waals surface area contributed by atoms with Crippen LogP contribution in [-0.2, 0) is 68.3 Å². The topological polar surface area (TPSA) is 330 Å². The summed E-state index contributed by atoms with van der Waals surface area (Å²) in [5, 5.41) is 13.5. The van der Waals surface area contributed by atoms with Crippen LogP contribution in [-0.4, -0.2) is 80.0 Å². The van der Waals surface area contributed by atoms with Gasteiger partial charge in [0.2, 0.25) is 25.9 Å². The number of amidine groups is 1. The third kappa shape index (κ3) is 20.3. The van der Waals surface area contributed by atoms with Crippen molar-refractivity contribution in [2.45, 2.75) is 35.5 Å². The number of benzene rings is 3. The van der Waals surface area contributed by atoms with E-state index in [-0.39, 0.29) is 75.7 Å². The highest BCUT2D eigenvalue weighted by atomic mass is 128. The van der Waals surface area contributed by atoms with Crippen molar-refractivity contribution >= 4 is 155 Å². The monoisotopic (exact) mass is 1220 g/mol. The number of sulfonamides is 3. The molecule has 1 amide bonds. The lowest BCUT2D eigenvalue weighted by Crippen LogP contribution is -2.30. The van der Waals surface area contributed by atoms with Gasteiger partial charge in [-0.25, -0.2) is 41.5 Å². The predicted octanol–water partition coefficient (Wildman–Crippen LogP) is 3.22. The van der Waals surface area contributed by atoms with E-state index < -0.39 is 59.1 Å². The molecule has 0 aromatic heterocycles. The van der Waals surface area contributed by atoms with Gasteiger partial charge in [0.1, 0.15) is 14.7 Å². The van der Waals surface area contributed by atoms with Crippen LogP contribution < -0.4 is 26.6 Å². The third-order valence-electron chi connectivity index (χ3n) is 5.66. The lowest BCUT2D eigenvalue weighted by Gasteiger charge is -2.16. The van der Waals surface area contributed by atoms with Gasteiger partial charge in [0.15, 0.2) is 0 Å². The molecule has 1 aliphatic heterocycles. The zero-order valence-electron chi connectivity index (χ0n) is 29.7. The Kier molecular flexibility index (Phi) is 26.9. The molecule has 4 rings (SSSR count). The number of ether oxygens (including phenoxy) is 3. The minimum absolute atomic E-state index is 0. The number of hydrogen-bond acceptors (Lipinski definition) is 16. The van der Waals surface area contributed by atoms with Crippen molar-refractivity contribution in [3.05, 3.63) is 72.8 Å². The smallest absolute Gasteiger partial charge is 0.397 e. The second-order valence-electron chi connectivity index (χ2n) is 9.55. The van der Waals surface area contributed by atoms with Gasteiger partial charge in [-0.1, -0.05) is 36.4 Å². The molecule has 0 fully saturated rings. The molecule has 0 atom stereocenters. The van der Waals surface area contributed by atoms with Crippen molar-refractivity contribution < 1.29 is 63.4 Å². The Hall–Kier alpha value is -3.27. The number of hydrogen-bond donors (Lipinski definition) is 5.